The minimum absolute atomic E-state index is 0.0311. The molecule has 2 aromatic rings. The molecule has 1 heterocycles. The Morgan fingerprint density at radius 1 is 1.38 bits per heavy atom. The van der Waals surface area contributed by atoms with Gasteiger partial charge in [0.1, 0.15) is 17.1 Å². The van der Waals surface area contributed by atoms with Gasteiger partial charge in [0, 0.05) is 5.02 Å². The van der Waals surface area contributed by atoms with Gasteiger partial charge in [-0.3, -0.25) is 4.79 Å². The normalized spacial score (nSPS) is 13.5. The van der Waals surface area contributed by atoms with Crippen molar-refractivity contribution in [1.82, 2.24) is 5.32 Å². The first-order valence-electron chi connectivity index (χ1n) is 6.39. The van der Waals surface area contributed by atoms with Gasteiger partial charge in [-0.15, -0.1) is 0 Å². The molecule has 1 atom stereocenters. The van der Waals surface area contributed by atoms with E-state index in [9.17, 15) is 9.90 Å². The number of hydrogen-bond donors (Lipinski definition) is 2. The molecule has 112 valence electrons. The summed E-state index contributed by atoms with van der Waals surface area (Å²) in [6.07, 6.45) is 1.47. The van der Waals surface area contributed by atoms with Gasteiger partial charge in [0.2, 0.25) is 0 Å². The van der Waals surface area contributed by atoms with Gasteiger partial charge < -0.3 is 19.6 Å². The molecule has 5 nitrogen and oxygen atoms in total. The van der Waals surface area contributed by atoms with E-state index in [1.807, 2.05) is 0 Å². The van der Waals surface area contributed by atoms with Crippen molar-refractivity contribution in [2.24, 2.45) is 0 Å². The quantitative estimate of drug-likeness (QED) is 0.859. The summed E-state index contributed by atoms with van der Waals surface area (Å²) in [4.78, 5) is 11.7. The van der Waals surface area contributed by atoms with E-state index in [0.29, 0.717) is 16.5 Å². The number of furan rings is 1. The predicted molar refractivity (Wildman–Crippen MR) is 78.2 cm³/mol. The van der Waals surface area contributed by atoms with Gasteiger partial charge in [0.15, 0.2) is 6.61 Å². The fourth-order valence-electron chi connectivity index (χ4n) is 1.67. The number of carbonyl (C=O) groups is 1. The Morgan fingerprint density at radius 2 is 2.10 bits per heavy atom. The van der Waals surface area contributed by atoms with E-state index >= 15 is 0 Å². The van der Waals surface area contributed by atoms with Crippen molar-refractivity contribution < 1.29 is 19.1 Å². The summed E-state index contributed by atoms with van der Waals surface area (Å²) in [5, 5.41) is 13.4. The van der Waals surface area contributed by atoms with Crippen LogP contribution in [-0.4, -0.2) is 24.2 Å². The van der Waals surface area contributed by atoms with E-state index in [1.165, 1.54) is 6.26 Å². The maximum Gasteiger partial charge on any atom is 0.258 e. The summed E-state index contributed by atoms with van der Waals surface area (Å²) in [7, 11) is 0. The summed E-state index contributed by atoms with van der Waals surface area (Å²) in [6, 6.07) is 10.0. The second kappa shape index (κ2) is 6.65. The lowest BCUT2D eigenvalue weighted by Gasteiger charge is -2.21. The lowest BCUT2D eigenvalue weighted by molar-refractivity contribution is -0.124. The highest BCUT2D eigenvalue weighted by molar-refractivity contribution is 6.30. The molecule has 0 saturated heterocycles. The average Bonchev–Trinajstić information content (AvgIpc) is 3.00. The smallest absolute Gasteiger partial charge is 0.258 e. The van der Waals surface area contributed by atoms with Crippen molar-refractivity contribution in [2.45, 2.75) is 12.5 Å². The molecule has 21 heavy (non-hydrogen) atoms. The molecule has 0 aliphatic carbocycles. The van der Waals surface area contributed by atoms with Crippen LogP contribution in [0, 0.1) is 0 Å². The molecule has 1 amide bonds. The van der Waals surface area contributed by atoms with Crippen LogP contribution in [-0.2, 0) is 10.4 Å². The van der Waals surface area contributed by atoms with Gasteiger partial charge >= 0.3 is 0 Å². The van der Waals surface area contributed by atoms with E-state index in [0.717, 1.165) is 0 Å². The van der Waals surface area contributed by atoms with Crippen LogP contribution >= 0.6 is 11.6 Å². The van der Waals surface area contributed by atoms with Crippen LogP contribution in [0.5, 0.6) is 5.75 Å². The second-order valence-corrected chi connectivity index (χ2v) is 5.21. The third kappa shape index (κ3) is 4.51. The van der Waals surface area contributed by atoms with Crippen molar-refractivity contribution in [1.29, 1.82) is 0 Å². The maximum atomic E-state index is 11.7. The summed E-state index contributed by atoms with van der Waals surface area (Å²) >= 11 is 5.75. The van der Waals surface area contributed by atoms with Gasteiger partial charge in [-0.2, -0.15) is 0 Å². The molecule has 6 heteroatoms. The number of ether oxygens (including phenoxy) is 1. The van der Waals surface area contributed by atoms with Crippen LogP contribution in [0.4, 0.5) is 0 Å². The zero-order valence-corrected chi connectivity index (χ0v) is 12.3. The lowest BCUT2D eigenvalue weighted by Crippen LogP contribution is -2.40. The maximum absolute atomic E-state index is 11.7. The van der Waals surface area contributed by atoms with E-state index in [-0.39, 0.29) is 19.1 Å². The van der Waals surface area contributed by atoms with Gasteiger partial charge in [0.25, 0.3) is 5.91 Å². The highest BCUT2D eigenvalue weighted by atomic mass is 35.5. The van der Waals surface area contributed by atoms with Crippen LogP contribution in [0.2, 0.25) is 5.02 Å². The first kappa shape index (κ1) is 15.4. The van der Waals surface area contributed by atoms with Gasteiger partial charge in [-0.05, 0) is 43.3 Å². The monoisotopic (exact) mass is 309 g/mol. The Balaban J connectivity index is 1.78. The van der Waals surface area contributed by atoms with Crippen molar-refractivity contribution in [2.75, 3.05) is 13.2 Å². The fourth-order valence-corrected chi connectivity index (χ4v) is 1.80. The SMILES string of the molecule is CC(O)(CNC(=O)COc1ccc(Cl)cc1)c1ccco1. The molecule has 0 spiro atoms. The number of hydrogen-bond acceptors (Lipinski definition) is 4. The summed E-state index contributed by atoms with van der Waals surface area (Å²) in [5.41, 5.74) is -1.26. The number of aliphatic hydroxyl groups is 1. The molecule has 0 fully saturated rings. The first-order valence-corrected chi connectivity index (χ1v) is 6.76. The van der Waals surface area contributed by atoms with Crippen LogP contribution in [0.15, 0.2) is 47.1 Å². The molecule has 1 aromatic heterocycles. The zero-order chi connectivity index (χ0) is 15.3. The van der Waals surface area contributed by atoms with Crippen LogP contribution < -0.4 is 10.1 Å². The molecule has 2 rings (SSSR count). The second-order valence-electron chi connectivity index (χ2n) is 4.77. The number of benzene rings is 1. The van der Waals surface area contributed by atoms with Gasteiger partial charge in [-0.1, -0.05) is 11.6 Å². The Morgan fingerprint density at radius 3 is 2.71 bits per heavy atom. The third-order valence-electron chi connectivity index (χ3n) is 2.87. The minimum Gasteiger partial charge on any atom is -0.484 e. The highest BCUT2D eigenvalue weighted by Gasteiger charge is 2.26. The summed E-state index contributed by atoms with van der Waals surface area (Å²) in [5.74, 6) is 0.602. The zero-order valence-electron chi connectivity index (χ0n) is 11.5. The van der Waals surface area contributed by atoms with Crippen molar-refractivity contribution in [3.63, 3.8) is 0 Å². The Labute approximate surface area is 127 Å². The first-order chi connectivity index (χ1) is 9.97. The molecule has 0 bridgehead atoms. The fraction of sp³-hybridized carbons (Fsp3) is 0.267. The molecular weight excluding hydrogens is 294 g/mol. The van der Waals surface area contributed by atoms with Crippen LogP contribution in [0.1, 0.15) is 12.7 Å². The average molecular weight is 310 g/mol. The highest BCUT2D eigenvalue weighted by Crippen LogP contribution is 2.19. The van der Waals surface area contributed by atoms with E-state index < -0.39 is 5.60 Å². The van der Waals surface area contributed by atoms with E-state index in [1.54, 1.807) is 43.3 Å². The van der Waals surface area contributed by atoms with Crippen molar-refractivity contribution in [3.05, 3.63) is 53.4 Å². The number of nitrogens with one attached hydrogen (secondary N) is 1. The largest absolute Gasteiger partial charge is 0.484 e. The Hall–Kier alpha value is -1.98. The Bertz CT molecular complexity index is 578. The molecule has 0 radical (unpaired) electrons. The molecule has 1 unspecified atom stereocenters. The van der Waals surface area contributed by atoms with Crippen LogP contribution in [0.3, 0.4) is 0 Å². The predicted octanol–water partition coefficient (Wildman–Crippen LogP) is 2.34. The van der Waals surface area contributed by atoms with Gasteiger partial charge in [-0.25, -0.2) is 0 Å². The number of rotatable bonds is 6. The number of amides is 1. The van der Waals surface area contributed by atoms with Crippen molar-refractivity contribution >= 4 is 17.5 Å². The number of carbonyl (C=O) groups excluding carboxylic acids is 1. The molecule has 0 saturated carbocycles. The van der Waals surface area contributed by atoms with E-state index in [4.69, 9.17) is 20.8 Å². The molecule has 2 N–H and O–H groups in total. The standard InChI is InChI=1S/C15H16ClNO4/c1-15(19,13-3-2-8-20-13)10-17-14(18)9-21-12-6-4-11(16)5-7-12/h2-8,19H,9-10H2,1H3,(H,17,18). The molecule has 0 aliphatic rings. The molecule has 0 aliphatic heterocycles. The Kier molecular flexibility index (Phi) is 4.88. The minimum atomic E-state index is -1.26. The molecular formula is C15H16ClNO4. The summed E-state index contributed by atoms with van der Waals surface area (Å²) in [6.45, 7) is 1.45. The van der Waals surface area contributed by atoms with E-state index in [2.05, 4.69) is 5.32 Å². The molecule has 1 aromatic carbocycles. The third-order valence-corrected chi connectivity index (χ3v) is 3.12. The number of halogens is 1. The summed E-state index contributed by atoms with van der Waals surface area (Å²) < 4.78 is 10.4. The van der Waals surface area contributed by atoms with Crippen LogP contribution in [0.25, 0.3) is 0 Å². The van der Waals surface area contributed by atoms with Gasteiger partial charge in [0.05, 0.1) is 12.8 Å². The van der Waals surface area contributed by atoms with Crippen molar-refractivity contribution in [3.8, 4) is 5.75 Å². The topological polar surface area (TPSA) is 71.7 Å². The lowest BCUT2D eigenvalue weighted by atomic mass is 10.0.